The highest BCUT2D eigenvalue weighted by atomic mass is 32.2. The predicted octanol–water partition coefficient (Wildman–Crippen LogP) is 5.65. The predicted molar refractivity (Wildman–Crippen MR) is 114 cm³/mol. The maximum Gasteiger partial charge on any atom is 0.406 e. The Kier molecular flexibility index (Phi) is 6.87. The highest BCUT2D eigenvalue weighted by molar-refractivity contribution is 7.99. The summed E-state index contributed by atoms with van der Waals surface area (Å²) in [4.78, 5) is 18.7. The number of carbonyl (C=O) groups is 1. The van der Waals surface area contributed by atoms with Crippen LogP contribution in [0.5, 0.6) is 0 Å². The SMILES string of the molecule is CC(C)N(C(=O)CSc1ncc(-c2ccccc2)n1CC(F)(F)F)c1ccccc1. The first-order valence-electron chi connectivity index (χ1n) is 9.44. The van der Waals surface area contributed by atoms with Crippen molar-refractivity contribution in [3.8, 4) is 11.3 Å². The van der Waals surface area contributed by atoms with Gasteiger partial charge in [0.25, 0.3) is 0 Å². The lowest BCUT2D eigenvalue weighted by Crippen LogP contribution is -2.38. The summed E-state index contributed by atoms with van der Waals surface area (Å²) in [6.07, 6.45) is -2.98. The van der Waals surface area contributed by atoms with Gasteiger partial charge in [-0.05, 0) is 31.5 Å². The number of imidazole rings is 1. The largest absolute Gasteiger partial charge is 0.406 e. The maximum absolute atomic E-state index is 13.2. The molecule has 3 aromatic rings. The molecule has 0 N–H and O–H groups in total. The first kappa shape index (κ1) is 22.0. The van der Waals surface area contributed by atoms with Crippen LogP contribution in [0.15, 0.2) is 72.0 Å². The van der Waals surface area contributed by atoms with Crippen molar-refractivity contribution in [2.75, 3.05) is 10.7 Å². The zero-order valence-electron chi connectivity index (χ0n) is 16.6. The summed E-state index contributed by atoms with van der Waals surface area (Å²) < 4.78 is 40.8. The molecule has 1 aromatic heterocycles. The van der Waals surface area contributed by atoms with E-state index in [1.807, 2.05) is 44.2 Å². The number of aromatic nitrogens is 2. The van der Waals surface area contributed by atoms with E-state index in [4.69, 9.17) is 0 Å². The summed E-state index contributed by atoms with van der Waals surface area (Å²) >= 11 is 1.01. The summed E-state index contributed by atoms with van der Waals surface area (Å²) in [7, 11) is 0. The average Bonchev–Trinajstić information content (AvgIpc) is 3.08. The van der Waals surface area contributed by atoms with E-state index in [2.05, 4.69) is 4.98 Å². The van der Waals surface area contributed by atoms with Crippen molar-refractivity contribution in [3.63, 3.8) is 0 Å². The fourth-order valence-electron chi connectivity index (χ4n) is 3.16. The molecule has 0 aliphatic rings. The highest BCUT2D eigenvalue weighted by Crippen LogP contribution is 2.30. The fraction of sp³-hybridized carbons (Fsp3) is 0.273. The second-order valence-corrected chi connectivity index (χ2v) is 7.92. The summed E-state index contributed by atoms with van der Waals surface area (Å²) in [5, 5.41) is 0.163. The lowest BCUT2D eigenvalue weighted by molar-refractivity contribution is -0.141. The van der Waals surface area contributed by atoms with Gasteiger partial charge in [-0.2, -0.15) is 13.2 Å². The van der Waals surface area contributed by atoms with E-state index < -0.39 is 12.7 Å². The molecule has 0 atom stereocenters. The normalized spacial score (nSPS) is 11.7. The quantitative estimate of drug-likeness (QED) is 0.452. The van der Waals surface area contributed by atoms with E-state index in [0.717, 1.165) is 22.0 Å². The Morgan fingerprint density at radius 1 is 1.07 bits per heavy atom. The number of carbonyl (C=O) groups excluding carboxylic acids is 1. The smallest absolute Gasteiger partial charge is 0.310 e. The van der Waals surface area contributed by atoms with Crippen LogP contribution in [-0.4, -0.2) is 33.4 Å². The van der Waals surface area contributed by atoms with Gasteiger partial charge in [-0.15, -0.1) is 0 Å². The number of hydrogen-bond donors (Lipinski definition) is 0. The van der Waals surface area contributed by atoms with Crippen LogP contribution in [0.25, 0.3) is 11.3 Å². The van der Waals surface area contributed by atoms with Crippen molar-refractivity contribution < 1.29 is 18.0 Å². The second-order valence-electron chi connectivity index (χ2n) is 6.98. The van der Waals surface area contributed by atoms with Crippen molar-refractivity contribution in [3.05, 3.63) is 66.9 Å². The Hall–Kier alpha value is -2.74. The van der Waals surface area contributed by atoms with E-state index in [0.29, 0.717) is 11.3 Å². The molecule has 0 aliphatic heterocycles. The van der Waals surface area contributed by atoms with Crippen molar-refractivity contribution in [1.82, 2.24) is 9.55 Å². The zero-order chi connectivity index (χ0) is 21.7. The molecule has 0 radical (unpaired) electrons. The Labute approximate surface area is 177 Å². The van der Waals surface area contributed by atoms with Gasteiger partial charge in [0.1, 0.15) is 6.54 Å². The molecule has 2 aromatic carbocycles. The fourth-order valence-corrected chi connectivity index (χ4v) is 4.00. The first-order valence-corrected chi connectivity index (χ1v) is 10.4. The second kappa shape index (κ2) is 9.38. The number of halogens is 3. The molecule has 4 nitrogen and oxygen atoms in total. The van der Waals surface area contributed by atoms with Gasteiger partial charge in [-0.3, -0.25) is 4.79 Å². The summed E-state index contributed by atoms with van der Waals surface area (Å²) in [5.74, 6) is -0.208. The van der Waals surface area contributed by atoms with Gasteiger partial charge in [0.2, 0.25) is 5.91 Å². The topological polar surface area (TPSA) is 38.1 Å². The summed E-state index contributed by atoms with van der Waals surface area (Å²) in [5.41, 5.74) is 1.76. The molecule has 1 heterocycles. The van der Waals surface area contributed by atoms with E-state index in [1.165, 1.54) is 6.20 Å². The number of rotatable bonds is 7. The molecular formula is C22H22F3N3OS. The number of anilines is 1. The third-order valence-electron chi connectivity index (χ3n) is 4.37. The number of thioether (sulfide) groups is 1. The summed E-state index contributed by atoms with van der Waals surface area (Å²) in [6, 6.07) is 17.9. The minimum absolute atomic E-state index is 0.0177. The molecule has 158 valence electrons. The van der Waals surface area contributed by atoms with E-state index >= 15 is 0 Å². The average molecular weight is 433 g/mol. The standard InChI is InChI=1S/C22H22F3N3OS/c1-16(2)28(18-11-7-4-8-12-18)20(29)14-30-21-26-13-19(17-9-5-3-6-10-17)27(21)15-22(23,24)25/h3-13,16H,14-15H2,1-2H3. The van der Waals surface area contributed by atoms with Crippen LogP contribution in [0.3, 0.4) is 0 Å². The van der Waals surface area contributed by atoms with Crippen molar-refractivity contribution in [2.24, 2.45) is 0 Å². The Balaban J connectivity index is 1.84. The van der Waals surface area contributed by atoms with Crippen LogP contribution in [0.2, 0.25) is 0 Å². The highest BCUT2D eigenvalue weighted by Gasteiger charge is 2.31. The lowest BCUT2D eigenvalue weighted by atomic mass is 10.2. The zero-order valence-corrected chi connectivity index (χ0v) is 17.5. The van der Waals surface area contributed by atoms with Crippen molar-refractivity contribution in [1.29, 1.82) is 0 Å². The van der Waals surface area contributed by atoms with Gasteiger partial charge in [0.15, 0.2) is 5.16 Å². The molecule has 0 saturated heterocycles. The third kappa shape index (κ3) is 5.44. The number of benzene rings is 2. The molecule has 0 unspecified atom stereocenters. The van der Waals surface area contributed by atoms with Crippen LogP contribution < -0.4 is 4.90 Å². The molecule has 30 heavy (non-hydrogen) atoms. The van der Waals surface area contributed by atoms with E-state index in [9.17, 15) is 18.0 Å². The van der Waals surface area contributed by atoms with Gasteiger partial charge in [-0.25, -0.2) is 4.98 Å². The molecule has 0 spiro atoms. The molecule has 0 fully saturated rings. The van der Waals surface area contributed by atoms with Gasteiger partial charge in [0.05, 0.1) is 17.6 Å². The Morgan fingerprint density at radius 2 is 1.67 bits per heavy atom. The molecule has 0 bridgehead atoms. The van der Waals surface area contributed by atoms with Gasteiger partial charge in [-0.1, -0.05) is 60.3 Å². The number of alkyl halides is 3. The monoisotopic (exact) mass is 433 g/mol. The van der Waals surface area contributed by atoms with Crippen LogP contribution in [-0.2, 0) is 11.3 Å². The molecule has 0 saturated carbocycles. The maximum atomic E-state index is 13.2. The van der Waals surface area contributed by atoms with Crippen molar-refractivity contribution >= 4 is 23.4 Å². The van der Waals surface area contributed by atoms with Crippen LogP contribution in [0.4, 0.5) is 18.9 Å². The number of nitrogens with zero attached hydrogens (tertiary/aromatic N) is 3. The molecule has 0 aliphatic carbocycles. The van der Waals surface area contributed by atoms with Gasteiger partial charge >= 0.3 is 6.18 Å². The van der Waals surface area contributed by atoms with E-state index in [-0.39, 0.29) is 22.9 Å². The molecule has 8 heteroatoms. The lowest BCUT2D eigenvalue weighted by Gasteiger charge is -2.26. The first-order chi connectivity index (χ1) is 14.3. The van der Waals surface area contributed by atoms with Gasteiger partial charge < -0.3 is 9.47 Å². The van der Waals surface area contributed by atoms with Crippen LogP contribution in [0, 0.1) is 0 Å². The Morgan fingerprint density at radius 3 is 2.23 bits per heavy atom. The van der Waals surface area contributed by atoms with Crippen LogP contribution in [0.1, 0.15) is 13.8 Å². The third-order valence-corrected chi connectivity index (χ3v) is 5.35. The Bertz CT molecular complexity index is 972. The minimum atomic E-state index is -4.41. The molecule has 3 rings (SSSR count). The minimum Gasteiger partial charge on any atom is -0.310 e. The number of amides is 1. The van der Waals surface area contributed by atoms with Crippen LogP contribution >= 0.6 is 11.8 Å². The molecule has 1 amide bonds. The summed E-state index contributed by atoms with van der Waals surface area (Å²) in [6.45, 7) is 2.63. The number of para-hydroxylation sites is 1. The van der Waals surface area contributed by atoms with Crippen molar-refractivity contribution in [2.45, 2.75) is 37.8 Å². The van der Waals surface area contributed by atoms with E-state index in [1.54, 1.807) is 35.2 Å². The number of hydrogen-bond acceptors (Lipinski definition) is 3. The molecular weight excluding hydrogens is 411 g/mol. The van der Waals surface area contributed by atoms with Gasteiger partial charge in [0, 0.05) is 11.7 Å².